The van der Waals surface area contributed by atoms with E-state index in [-0.39, 0.29) is 37.0 Å². The van der Waals surface area contributed by atoms with Crippen LogP contribution in [0, 0.1) is 13.8 Å². The molecule has 0 fully saturated rings. The Balaban J connectivity index is 2.09. The van der Waals surface area contributed by atoms with Gasteiger partial charge in [0.15, 0.2) is 5.78 Å². The zero-order valence-electron chi connectivity index (χ0n) is 16.2. The molecule has 0 aliphatic carbocycles. The minimum absolute atomic E-state index is 0.0536. The van der Waals surface area contributed by atoms with Gasteiger partial charge < -0.3 is 14.3 Å². The van der Waals surface area contributed by atoms with E-state index < -0.39 is 18.7 Å². The summed E-state index contributed by atoms with van der Waals surface area (Å²) in [5.41, 5.74) is 1.63. The normalized spacial score (nSPS) is 11.9. The molecule has 0 amide bonds. The zero-order valence-corrected chi connectivity index (χ0v) is 16.2. The number of aromatic amines is 1. The number of hydrogen-bond acceptors (Lipinski definition) is 5. The van der Waals surface area contributed by atoms with Crippen LogP contribution in [0.25, 0.3) is 0 Å². The maximum Gasteiger partial charge on any atom is 0.406 e. The molecule has 10 heteroatoms. The molecule has 2 aromatic heterocycles. The Morgan fingerprint density at radius 1 is 1.32 bits per heavy atom. The molecule has 0 bridgehead atoms. The van der Waals surface area contributed by atoms with Crippen molar-refractivity contribution in [1.82, 2.24) is 19.4 Å². The Hall–Kier alpha value is -2.62. The minimum atomic E-state index is -4.35. The lowest BCUT2D eigenvalue weighted by molar-refractivity contribution is -0.141. The Labute approximate surface area is 160 Å². The van der Waals surface area contributed by atoms with Gasteiger partial charge in [-0.05, 0) is 33.4 Å². The van der Waals surface area contributed by atoms with Gasteiger partial charge in [0.25, 0.3) is 0 Å². The third-order valence-electron chi connectivity index (χ3n) is 4.17. The average Bonchev–Trinajstić information content (AvgIpc) is 3.09. The first-order chi connectivity index (χ1) is 13.0. The van der Waals surface area contributed by atoms with Gasteiger partial charge in [-0.2, -0.15) is 13.2 Å². The molecular weight excluding hydrogens is 377 g/mol. The van der Waals surface area contributed by atoms with Crippen LogP contribution in [0.3, 0.4) is 0 Å². The monoisotopic (exact) mass is 400 g/mol. The fourth-order valence-electron chi connectivity index (χ4n) is 2.99. The van der Waals surface area contributed by atoms with Crippen molar-refractivity contribution in [3.05, 3.63) is 40.7 Å². The highest BCUT2D eigenvalue weighted by Gasteiger charge is 2.29. The minimum Gasteiger partial charge on any atom is -0.462 e. The summed E-state index contributed by atoms with van der Waals surface area (Å²) in [6.07, 6.45) is -1.81. The molecule has 0 unspecified atom stereocenters. The average molecular weight is 400 g/mol. The third-order valence-corrected chi connectivity index (χ3v) is 4.17. The van der Waals surface area contributed by atoms with E-state index in [1.165, 1.54) is 12.4 Å². The van der Waals surface area contributed by atoms with Crippen LogP contribution in [-0.4, -0.2) is 57.6 Å². The van der Waals surface area contributed by atoms with Crippen molar-refractivity contribution >= 4 is 11.8 Å². The number of ketones is 1. The summed E-state index contributed by atoms with van der Waals surface area (Å²) >= 11 is 0. The highest BCUT2D eigenvalue weighted by molar-refractivity contribution is 6.02. The number of nitrogens with one attached hydrogen (secondary N) is 1. The molecule has 0 aliphatic heterocycles. The van der Waals surface area contributed by atoms with Crippen LogP contribution < -0.4 is 0 Å². The number of halogens is 3. The van der Waals surface area contributed by atoms with Crippen molar-refractivity contribution in [2.24, 2.45) is 0 Å². The van der Waals surface area contributed by atoms with Crippen LogP contribution in [0.15, 0.2) is 12.4 Å². The molecule has 2 aromatic rings. The molecule has 0 spiro atoms. The number of rotatable bonds is 8. The van der Waals surface area contributed by atoms with Crippen molar-refractivity contribution < 1.29 is 27.5 Å². The fourth-order valence-corrected chi connectivity index (χ4v) is 2.99. The maximum absolute atomic E-state index is 12.6. The third kappa shape index (κ3) is 5.22. The second-order valence-corrected chi connectivity index (χ2v) is 6.53. The Morgan fingerprint density at radius 3 is 2.61 bits per heavy atom. The molecule has 0 radical (unpaired) electrons. The fraction of sp³-hybridized carbons (Fsp3) is 0.500. The molecule has 2 rings (SSSR count). The van der Waals surface area contributed by atoms with E-state index in [0.717, 1.165) is 4.57 Å². The van der Waals surface area contributed by atoms with Crippen LogP contribution >= 0.6 is 0 Å². The second-order valence-electron chi connectivity index (χ2n) is 6.53. The van der Waals surface area contributed by atoms with Gasteiger partial charge in [0.05, 0.1) is 31.0 Å². The van der Waals surface area contributed by atoms with E-state index in [9.17, 15) is 22.8 Å². The lowest BCUT2D eigenvalue weighted by Gasteiger charge is -2.17. The Bertz CT molecular complexity index is 855. The summed E-state index contributed by atoms with van der Waals surface area (Å²) in [5, 5.41) is 0. The van der Waals surface area contributed by atoms with Gasteiger partial charge >= 0.3 is 12.1 Å². The van der Waals surface area contributed by atoms with Gasteiger partial charge in [-0.25, -0.2) is 9.78 Å². The standard InChI is InChI=1S/C18H23F3N4O3/c1-5-28-17(27)15-11(2)16(23-12(15)3)13(26)8-24(4)9-14-22-6-7-25(14)10-18(19,20)21/h6-7,23H,5,8-10H2,1-4H3. The predicted octanol–water partition coefficient (Wildman–Crippen LogP) is 2.88. The number of alkyl halides is 3. The van der Waals surface area contributed by atoms with E-state index >= 15 is 0 Å². The van der Waals surface area contributed by atoms with Crippen molar-refractivity contribution in [2.45, 2.75) is 40.0 Å². The van der Waals surface area contributed by atoms with Crippen molar-refractivity contribution in [2.75, 3.05) is 20.2 Å². The number of aromatic nitrogens is 3. The molecule has 0 aromatic carbocycles. The van der Waals surface area contributed by atoms with Gasteiger partial charge in [-0.3, -0.25) is 9.69 Å². The molecule has 7 nitrogen and oxygen atoms in total. The van der Waals surface area contributed by atoms with Crippen LogP contribution in [0.1, 0.15) is 44.9 Å². The van der Waals surface area contributed by atoms with Crippen molar-refractivity contribution in [3.8, 4) is 0 Å². The molecule has 154 valence electrons. The predicted molar refractivity (Wildman–Crippen MR) is 95.2 cm³/mol. The second kappa shape index (κ2) is 8.59. The van der Waals surface area contributed by atoms with Crippen LogP contribution in [0.5, 0.6) is 0 Å². The number of H-pyrrole nitrogens is 1. The molecule has 28 heavy (non-hydrogen) atoms. The van der Waals surface area contributed by atoms with Gasteiger partial charge in [0.2, 0.25) is 0 Å². The molecule has 0 saturated heterocycles. The number of Topliss-reactive ketones (excluding diaryl/α,β-unsaturated/α-hetero) is 1. The molecule has 2 heterocycles. The SMILES string of the molecule is CCOC(=O)c1c(C)[nH]c(C(=O)CN(C)Cc2nccn2CC(F)(F)F)c1C. The topological polar surface area (TPSA) is 80.2 Å². The summed E-state index contributed by atoms with van der Waals surface area (Å²) in [4.78, 5) is 33.1. The number of nitrogens with zero attached hydrogens (tertiary/aromatic N) is 3. The smallest absolute Gasteiger partial charge is 0.406 e. The summed E-state index contributed by atoms with van der Waals surface area (Å²) in [6.45, 7) is 4.12. The number of carbonyl (C=O) groups excluding carboxylic acids is 2. The lowest BCUT2D eigenvalue weighted by atomic mass is 10.1. The van der Waals surface area contributed by atoms with E-state index in [0.29, 0.717) is 16.8 Å². The van der Waals surface area contributed by atoms with Gasteiger partial charge in [0, 0.05) is 18.1 Å². The number of likely N-dealkylation sites (N-methyl/N-ethyl adjacent to an activating group) is 1. The lowest BCUT2D eigenvalue weighted by Crippen LogP contribution is -2.28. The van der Waals surface area contributed by atoms with E-state index in [1.807, 2.05) is 0 Å². The summed E-state index contributed by atoms with van der Waals surface area (Å²) < 4.78 is 43.8. The van der Waals surface area contributed by atoms with Gasteiger partial charge in [-0.15, -0.1) is 0 Å². The van der Waals surface area contributed by atoms with E-state index in [1.54, 1.807) is 32.7 Å². The van der Waals surface area contributed by atoms with E-state index in [4.69, 9.17) is 4.74 Å². The molecular formula is C18H23F3N4O3. The molecule has 0 aliphatic rings. The maximum atomic E-state index is 12.6. The molecule has 1 N–H and O–H groups in total. The van der Waals surface area contributed by atoms with Crippen LogP contribution in [-0.2, 0) is 17.8 Å². The molecule has 0 saturated carbocycles. The van der Waals surface area contributed by atoms with Crippen LogP contribution in [0.4, 0.5) is 13.2 Å². The first kappa shape index (κ1) is 21.7. The summed E-state index contributed by atoms with van der Waals surface area (Å²) in [6, 6.07) is 0. The van der Waals surface area contributed by atoms with Gasteiger partial charge in [-0.1, -0.05) is 0 Å². The summed E-state index contributed by atoms with van der Waals surface area (Å²) in [5.74, 6) is -0.581. The quantitative estimate of drug-likeness (QED) is 0.544. The first-order valence-corrected chi connectivity index (χ1v) is 8.68. The Kier molecular flexibility index (Phi) is 6.65. The van der Waals surface area contributed by atoms with Crippen LogP contribution in [0.2, 0.25) is 0 Å². The van der Waals surface area contributed by atoms with Crippen molar-refractivity contribution in [1.29, 1.82) is 0 Å². The van der Waals surface area contributed by atoms with Gasteiger partial charge in [0.1, 0.15) is 12.4 Å². The number of carbonyl (C=O) groups is 2. The number of ether oxygens (including phenoxy) is 1. The number of imidazole rings is 1. The van der Waals surface area contributed by atoms with E-state index in [2.05, 4.69) is 9.97 Å². The van der Waals surface area contributed by atoms with Crippen molar-refractivity contribution in [3.63, 3.8) is 0 Å². The highest BCUT2D eigenvalue weighted by atomic mass is 19.4. The number of esters is 1. The highest BCUT2D eigenvalue weighted by Crippen LogP contribution is 2.21. The number of hydrogen-bond donors (Lipinski definition) is 1. The number of aryl methyl sites for hydroxylation is 1. The largest absolute Gasteiger partial charge is 0.462 e. The zero-order chi connectivity index (χ0) is 21.1. The first-order valence-electron chi connectivity index (χ1n) is 8.68. The summed E-state index contributed by atoms with van der Waals surface area (Å²) in [7, 11) is 1.61. The Morgan fingerprint density at radius 2 is 2.00 bits per heavy atom. The molecule has 0 atom stereocenters.